The smallest absolute Gasteiger partial charge is 0.211 e. The van der Waals surface area contributed by atoms with Gasteiger partial charge in [0.1, 0.15) is 6.26 Å². The van der Waals surface area contributed by atoms with Crippen LogP contribution in [0.15, 0.2) is 16.9 Å². The first-order valence-electron chi connectivity index (χ1n) is 5.61. The molecule has 1 fully saturated rings. The van der Waals surface area contributed by atoms with Gasteiger partial charge in [-0.3, -0.25) is 0 Å². The lowest BCUT2D eigenvalue weighted by Gasteiger charge is -2.15. The number of likely N-dealkylation sites (tertiary alicyclic amines) is 1. The number of hydrogen-bond acceptors (Lipinski definition) is 4. The Hall–Kier alpha value is -0.870. The van der Waals surface area contributed by atoms with E-state index in [9.17, 15) is 0 Å². The van der Waals surface area contributed by atoms with Crippen LogP contribution in [-0.4, -0.2) is 30.0 Å². The predicted octanol–water partition coefficient (Wildman–Crippen LogP) is 1.65. The van der Waals surface area contributed by atoms with Gasteiger partial charge in [-0.15, -0.1) is 0 Å². The van der Waals surface area contributed by atoms with E-state index in [-0.39, 0.29) is 6.04 Å². The first-order valence-corrected chi connectivity index (χ1v) is 5.61. The Morgan fingerprint density at radius 2 is 2.33 bits per heavy atom. The van der Waals surface area contributed by atoms with Gasteiger partial charge in [0.15, 0.2) is 0 Å². The molecule has 0 spiro atoms. The van der Waals surface area contributed by atoms with Crippen LogP contribution in [0.1, 0.15) is 32.2 Å². The van der Waals surface area contributed by atoms with Gasteiger partial charge in [-0.2, -0.15) is 0 Å². The first kappa shape index (κ1) is 12.2. The second-order valence-electron chi connectivity index (χ2n) is 3.71. The van der Waals surface area contributed by atoms with Crippen molar-refractivity contribution in [2.45, 2.75) is 26.3 Å². The van der Waals surface area contributed by atoms with Gasteiger partial charge in [0, 0.05) is 6.54 Å². The summed E-state index contributed by atoms with van der Waals surface area (Å²) in [4.78, 5) is 6.36. The average molecular weight is 211 g/mol. The van der Waals surface area contributed by atoms with Gasteiger partial charge >= 0.3 is 0 Å². The molecule has 0 saturated carbocycles. The van der Waals surface area contributed by atoms with Crippen molar-refractivity contribution in [2.75, 3.05) is 20.1 Å². The fourth-order valence-corrected chi connectivity index (χ4v) is 1.86. The third kappa shape index (κ3) is 3.04. The minimum absolute atomic E-state index is 0.0417. The van der Waals surface area contributed by atoms with Gasteiger partial charge in [-0.1, -0.05) is 13.8 Å². The maximum absolute atomic E-state index is 6.02. The van der Waals surface area contributed by atoms with Gasteiger partial charge in [-0.05, 0) is 25.9 Å². The van der Waals surface area contributed by atoms with E-state index < -0.39 is 0 Å². The molecular weight excluding hydrogens is 190 g/mol. The molecule has 0 aliphatic carbocycles. The molecule has 1 aliphatic heterocycles. The summed E-state index contributed by atoms with van der Waals surface area (Å²) in [5.41, 5.74) is 6.02. The molecule has 2 atom stereocenters. The van der Waals surface area contributed by atoms with E-state index >= 15 is 0 Å². The fraction of sp³-hybridized carbons (Fsp3) is 0.727. The standard InChI is InChI=1S/C9H15N3O.C2H6/c1-12-4-2-7(6-12)8(10)9-11-3-5-13-9;1-2/h3,5,7-8H,2,4,6,10H2,1H3;1-2H3. The van der Waals surface area contributed by atoms with E-state index in [1.165, 1.54) is 0 Å². The zero-order valence-corrected chi connectivity index (χ0v) is 9.81. The van der Waals surface area contributed by atoms with Crippen LogP contribution in [0, 0.1) is 5.92 Å². The van der Waals surface area contributed by atoms with E-state index in [1.54, 1.807) is 12.5 Å². The van der Waals surface area contributed by atoms with Gasteiger partial charge in [-0.25, -0.2) is 4.98 Å². The summed E-state index contributed by atoms with van der Waals surface area (Å²) in [7, 11) is 2.11. The van der Waals surface area contributed by atoms with Gasteiger partial charge < -0.3 is 15.1 Å². The first-order chi connectivity index (χ1) is 7.27. The number of hydrogen-bond donors (Lipinski definition) is 1. The van der Waals surface area contributed by atoms with Crippen LogP contribution in [0.4, 0.5) is 0 Å². The number of rotatable bonds is 2. The van der Waals surface area contributed by atoms with Crippen molar-refractivity contribution in [1.29, 1.82) is 0 Å². The monoisotopic (exact) mass is 211 g/mol. The van der Waals surface area contributed by atoms with E-state index in [0.29, 0.717) is 11.8 Å². The van der Waals surface area contributed by atoms with Crippen LogP contribution in [0.2, 0.25) is 0 Å². The highest BCUT2D eigenvalue weighted by atomic mass is 16.3. The van der Waals surface area contributed by atoms with Crippen LogP contribution >= 0.6 is 0 Å². The van der Waals surface area contributed by atoms with Crippen LogP contribution in [0.25, 0.3) is 0 Å². The zero-order chi connectivity index (χ0) is 11.3. The summed E-state index contributed by atoms with van der Waals surface area (Å²) in [5, 5.41) is 0. The van der Waals surface area contributed by atoms with Crippen LogP contribution < -0.4 is 5.73 Å². The minimum atomic E-state index is -0.0417. The van der Waals surface area contributed by atoms with Crippen LogP contribution in [-0.2, 0) is 0 Å². The minimum Gasteiger partial charge on any atom is -0.447 e. The zero-order valence-electron chi connectivity index (χ0n) is 9.81. The molecule has 0 amide bonds. The predicted molar refractivity (Wildman–Crippen MR) is 60.4 cm³/mol. The highest BCUT2D eigenvalue weighted by Gasteiger charge is 2.28. The van der Waals surface area contributed by atoms with Crippen molar-refractivity contribution in [3.8, 4) is 0 Å². The number of nitrogens with zero attached hydrogens (tertiary/aromatic N) is 2. The Labute approximate surface area is 91.5 Å². The summed E-state index contributed by atoms with van der Waals surface area (Å²) in [6, 6.07) is -0.0417. The highest BCUT2D eigenvalue weighted by molar-refractivity contribution is 4.94. The van der Waals surface area contributed by atoms with E-state index in [1.807, 2.05) is 13.8 Å². The van der Waals surface area contributed by atoms with E-state index in [0.717, 1.165) is 19.5 Å². The Kier molecular flexibility index (Phi) is 4.78. The van der Waals surface area contributed by atoms with Crippen LogP contribution in [0.5, 0.6) is 0 Å². The fourth-order valence-electron chi connectivity index (χ4n) is 1.86. The molecule has 1 saturated heterocycles. The van der Waals surface area contributed by atoms with Crippen LogP contribution in [0.3, 0.4) is 0 Å². The van der Waals surface area contributed by atoms with E-state index in [4.69, 9.17) is 10.2 Å². The third-order valence-corrected chi connectivity index (χ3v) is 2.67. The second kappa shape index (κ2) is 5.88. The van der Waals surface area contributed by atoms with Gasteiger partial charge in [0.25, 0.3) is 0 Å². The molecule has 0 aromatic carbocycles. The van der Waals surface area contributed by atoms with Crippen molar-refractivity contribution in [3.05, 3.63) is 18.4 Å². The summed E-state index contributed by atoms with van der Waals surface area (Å²) in [6.07, 6.45) is 4.36. The third-order valence-electron chi connectivity index (χ3n) is 2.67. The Balaban J connectivity index is 0.000000531. The number of nitrogens with two attached hydrogens (primary N) is 1. The molecule has 0 radical (unpaired) electrons. The molecule has 4 nitrogen and oxygen atoms in total. The molecule has 1 aromatic heterocycles. The Bertz CT molecular complexity index is 261. The lowest BCUT2D eigenvalue weighted by Crippen LogP contribution is -2.24. The lowest BCUT2D eigenvalue weighted by molar-refractivity contribution is 0.336. The lowest BCUT2D eigenvalue weighted by atomic mass is 10.00. The Morgan fingerprint density at radius 1 is 1.60 bits per heavy atom. The summed E-state index contributed by atoms with van der Waals surface area (Å²) in [6.45, 7) is 6.17. The quantitative estimate of drug-likeness (QED) is 0.808. The normalized spacial score (nSPS) is 23.3. The summed E-state index contributed by atoms with van der Waals surface area (Å²) < 4.78 is 5.19. The highest BCUT2D eigenvalue weighted by Crippen LogP contribution is 2.26. The molecule has 2 unspecified atom stereocenters. The maximum Gasteiger partial charge on any atom is 0.211 e. The summed E-state index contributed by atoms with van der Waals surface area (Å²) >= 11 is 0. The second-order valence-corrected chi connectivity index (χ2v) is 3.71. The topological polar surface area (TPSA) is 55.3 Å². The molecule has 1 aliphatic rings. The molecule has 15 heavy (non-hydrogen) atoms. The molecular formula is C11H21N3O. The van der Waals surface area contributed by atoms with Gasteiger partial charge in [0.05, 0.1) is 12.2 Å². The van der Waals surface area contributed by atoms with Crippen molar-refractivity contribution < 1.29 is 4.42 Å². The van der Waals surface area contributed by atoms with Crippen molar-refractivity contribution in [2.24, 2.45) is 11.7 Å². The molecule has 0 bridgehead atoms. The Morgan fingerprint density at radius 3 is 2.80 bits per heavy atom. The molecule has 1 aromatic rings. The summed E-state index contributed by atoms with van der Waals surface area (Å²) in [5.74, 6) is 1.16. The largest absolute Gasteiger partial charge is 0.447 e. The molecule has 2 rings (SSSR count). The number of aromatic nitrogens is 1. The SMILES string of the molecule is CC.CN1CCC(C(N)c2ncco2)C1. The molecule has 4 heteroatoms. The van der Waals surface area contributed by atoms with Gasteiger partial charge in [0.2, 0.25) is 5.89 Å². The molecule has 86 valence electrons. The maximum atomic E-state index is 6.02. The van der Waals surface area contributed by atoms with Crippen molar-refractivity contribution >= 4 is 0 Å². The molecule has 2 N–H and O–H groups in total. The van der Waals surface area contributed by atoms with E-state index in [2.05, 4.69) is 16.9 Å². The van der Waals surface area contributed by atoms with Crippen molar-refractivity contribution in [1.82, 2.24) is 9.88 Å². The number of oxazole rings is 1. The van der Waals surface area contributed by atoms with Crippen molar-refractivity contribution in [3.63, 3.8) is 0 Å². The molecule has 2 heterocycles. The average Bonchev–Trinajstić information content (AvgIpc) is 2.90.